The lowest BCUT2D eigenvalue weighted by Crippen LogP contribution is -2.26. The number of ether oxygens (including phenoxy) is 1. The fourth-order valence-corrected chi connectivity index (χ4v) is 2.09. The predicted octanol–water partition coefficient (Wildman–Crippen LogP) is 2.07. The summed E-state index contributed by atoms with van der Waals surface area (Å²) in [5, 5.41) is 0. The number of hydrogen-bond acceptors (Lipinski definition) is 3. The fourth-order valence-electron chi connectivity index (χ4n) is 2.09. The van der Waals surface area contributed by atoms with Crippen LogP contribution in [0.4, 0.5) is 4.39 Å². The third-order valence-corrected chi connectivity index (χ3v) is 3.34. The summed E-state index contributed by atoms with van der Waals surface area (Å²) in [6.07, 6.45) is 2.65. The van der Waals surface area contributed by atoms with Crippen LogP contribution in [0.2, 0.25) is 0 Å². The van der Waals surface area contributed by atoms with Gasteiger partial charge in [-0.3, -0.25) is 4.79 Å². The van der Waals surface area contributed by atoms with Gasteiger partial charge >= 0.3 is 0 Å². The molecule has 98 valence electrons. The van der Waals surface area contributed by atoms with E-state index in [4.69, 9.17) is 10.5 Å². The summed E-state index contributed by atoms with van der Waals surface area (Å²) in [6.45, 7) is 0. The van der Waals surface area contributed by atoms with E-state index >= 15 is 0 Å². The van der Waals surface area contributed by atoms with Crippen LogP contribution in [-0.4, -0.2) is 18.9 Å². The number of Topliss-reactive ketones (excluding diaryl/α,β-unsaturated/α-hetero) is 1. The number of methoxy groups -OCH3 is 1. The molecule has 1 aromatic carbocycles. The zero-order valence-electron chi connectivity index (χ0n) is 10.5. The van der Waals surface area contributed by atoms with Gasteiger partial charge in [0.1, 0.15) is 5.78 Å². The maximum atomic E-state index is 13.8. The van der Waals surface area contributed by atoms with Crippen molar-refractivity contribution in [3.8, 4) is 5.75 Å². The quantitative estimate of drug-likeness (QED) is 0.842. The molecule has 0 aliphatic heterocycles. The minimum Gasteiger partial charge on any atom is -0.494 e. The molecule has 2 rings (SSSR count). The summed E-state index contributed by atoms with van der Waals surface area (Å²) in [5.41, 5.74) is 6.27. The van der Waals surface area contributed by atoms with Crippen LogP contribution in [0.15, 0.2) is 18.2 Å². The lowest BCUT2D eigenvalue weighted by atomic mass is 10.0. The van der Waals surface area contributed by atoms with Crippen molar-refractivity contribution >= 4 is 5.78 Å². The van der Waals surface area contributed by atoms with E-state index in [-0.39, 0.29) is 24.0 Å². The molecule has 1 fully saturated rings. The highest BCUT2D eigenvalue weighted by molar-refractivity contribution is 5.81. The zero-order valence-corrected chi connectivity index (χ0v) is 10.5. The second kappa shape index (κ2) is 5.48. The summed E-state index contributed by atoms with van der Waals surface area (Å²) < 4.78 is 18.7. The van der Waals surface area contributed by atoms with Crippen LogP contribution >= 0.6 is 0 Å². The minimum absolute atomic E-state index is 0.0125. The third-order valence-electron chi connectivity index (χ3n) is 3.34. The zero-order chi connectivity index (χ0) is 13.1. The molecule has 3 nitrogen and oxygen atoms in total. The Morgan fingerprint density at radius 3 is 2.89 bits per heavy atom. The van der Waals surface area contributed by atoms with Gasteiger partial charge in [-0.2, -0.15) is 0 Å². The second-order valence-corrected chi connectivity index (χ2v) is 4.85. The first-order valence-electron chi connectivity index (χ1n) is 6.20. The smallest absolute Gasteiger partial charge is 0.168 e. The van der Waals surface area contributed by atoms with E-state index < -0.39 is 5.82 Å². The molecule has 1 aliphatic rings. The highest BCUT2D eigenvalue weighted by Crippen LogP contribution is 2.33. The van der Waals surface area contributed by atoms with Gasteiger partial charge in [-0.25, -0.2) is 4.39 Å². The Labute approximate surface area is 106 Å². The van der Waals surface area contributed by atoms with Crippen LogP contribution in [0.5, 0.6) is 5.75 Å². The molecule has 1 aliphatic carbocycles. The first kappa shape index (κ1) is 13.0. The van der Waals surface area contributed by atoms with E-state index in [0.29, 0.717) is 17.9 Å². The number of carbonyl (C=O) groups excluding carboxylic acids is 1. The van der Waals surface area contributed by atoms with Crippen molar-refractivity contribution < 1.29 is 13.9 Å². The molecule has 4 heteroatoms. The second-order valence-electron chi connectivity index (χ2n) is 4.85. The third kappa shape index (κ3) is 3.07. The highest BCUT2D eigenvalue weighted by Gasteiger charge is 2.29. The van der Waals surface area contributed by atoms with Gasteiger partial charge in [0, 0.05) is 18.9 Å². The Balaban J connectivity index is 1.97. The monoisotopic (exact) mass is 251 g/mol. The van der Waals surface area contributed by atoms with Crippen molar-refractivity contribution in [2.24, 2.45) is 11.7 Å². The van der Waals surface area contributed by atoms with Gasteiger partial charge < -0.3 is 10.5 Å². The van der Waals surface area contributed by atoms with Crippen LogP contribution in [0, 0.1) is 11.7 Å². The summed E-state index contributed by atoms with van der Waals surface area (Å²) in [7, 11) is 1.41. The number of rotatable bonds is 6. The Hall–Kier alpha value is -1.42. The number of hydrogen-bond donors (Lipinski definition) is 1. The van der Waals surface area contributed by atoms with E-state index in [0.717, 1.165) is 12.8 Å². The fraction of sp³-hybridized carbons (Fsp3) is 0.500. The number of carbonyl (C=O) groups is 1. The average molecular weight is 251 g/mol. The Morgan fingerprint density at radius 1 is 1.56 bits per heavy atom. The van der Waals surface area contributed by atoms with Crippen molar-refractivity contribution in [1.82, 2.24) is 0 Å². The highest BCUT2D eigenvalue weighted by atomic mass is 19.1. The molecule has 0 amide bonds. The summed E-state index contributed by atoms with van der Waals surface area (Å²) >= 11 is 0. The first-order valence-corrected chi connectivity index (χ1v) is 6.20. The van der Waals surface area contributed by atoms with Gasteiger partial charge in [-0.05, 0) is 30.4 Å². The standard InChI is InChI=1S/C14H18FNO2/c1-18-13-4-2-3-10(14(13)15)7-11(17)8-12(16)9-5-6-9/h2-4,9,12H,5-8,16H2,1H3. The van der Waals surface area contributed by atoms with Gasteiger partial charge in [0.05, 0.1) is 7.11 Å². The van der Waals surface area contributed by atoms with Crippen LogP contribution in [0.3, 0.4) is 0 Å². The topological polar surface area (TPSA) is 52.3 Å². The lowest BCUT2D eigenvalue weighted by Gasteiger charge is -2.10. The molecule has 0 heterocycles. The molecular weight excluding hydrogens is 233 g/mol. The van der Waals surface area contributed by atoms with Gasteiger partial charge in [0.2, 0.25) is 0 Å². The summed E-state index contributed by atoms with van der Waals surface area (Å²) in [4.78, 5) is 11.8. The lowest BCUT2D eigenvalue weighted by molar-refractivity contribution is -0.118. The van der Waals surface area contributed by atoms with Crippen LogP contribution in [-0.2, 0) is 11.2 Å². The molecule has 1 atom stereocenters. The molecule has 18 heavy (non-hydrogen) atoms. The van der Waals surface area contributed by atoms with E-state index in [1.165, 1.54) is 7.11 Å². The average Bonchev–Trinajstić information content (AvgIpc) is 3.15. The first-order chi connectivity index (χ1) is 8.61. The minimum atomic E-state index is -0.451. The number of benzene rings is 1. The van der Waals surface area contributed by atoms with Crippen LogP contribution < -0.4 is 10.5 Å². The Kier molecular flexibility index (Phi) is 3.97. The molecule has 0 spiro atoms. The van der Waals surface area contributed by atoms with Gasteiger partial charge in [-0.1, -0.05) is 12.1 Å². The van der Waals surface area contributed by atoms with E-state index in [1.807, 2.05) is 0 Å². The van der Waals surface area contributed by atoms with E-state index in [1.54, 1.807) is 18.2 Å². The molecule has 0 radical (unpaired) electrons. The molecule has 0 bridgehead atoms. The van der Waals surface area contributed by atoms with Crippen LogP contribution in [0.1, 0.15) is 24.8 Å². The Morgan fingerprint density at radius 2 is 2.28 bits per heavy atom. The van der Waals surface area contributed by atoms with Crippen molar-refractivity contribution in [2.45, 2.75) is 31.7 Å². The van der Waals surface area contributed by atoms with Crippen molar-refractivity contribution in [1.29, 1.82) is 0 Å². The van der Waals surface area contributed by atoms with Crippen molar-refractivity contribution in [3.05, 3.63) is 29.6 Å². The van der Waals surface area contributed by atoms with Gasteiger partial charge in [0.15, 0.2) is 11.6 Å². The maximum absolute atomic E-state index is 13.8. The predicted molar refractivity (Wildman–Crippen MR) is 67.0 cm³/mol. The number of nitrogens with two attached hydrogens (primary N) is 1. The van der Waals surface area contributed by atoms with Gasteiger partial charge in [-0.15, -0.1) is 0 Å². The maximum Gasteiger partial charge on any atom is 0.168 e. The number of ketones is 1. The van der Waals surface area contributed by atoms with Crippen molar-refractivity contribution in [2.75, 3.05) is 7.11 Å². The van der Waals surface area contributed by atoms with Crippen LogP contribution in [0.25, 0.3) is 0 Å². The molecule has 0 aromatic heterocycles. The van der Waals surface area contributed by atoms with E-state index in [9.17, 15) is 9.18 Å². The van der Waals surface area contributed by atoms with Crippen molar-refractivity contribution in [3.63, 3.8) is 0 Å². The SMILES string of the molecule is COc1cccc(CC(=O)CC(N)C2CC2)c1F. The molecule has 1 unspecified atom stereocenters. The van der Waals surface area contributed by atoms with Gasteiger partial charge in [0.25, 0.3) is 0 Å². The van der Waals surface area contributed by atoms with E-state index in [2.05, 4.69) is 0 Å². The largest absolute Gasteiger partial charge is 0.494 e. The molecular formula is C14H18FNO2. The summed E-state index contributed by atoms with van der Waals surface area (Å²) in [5.74, 6) is 0.200. The number of halogens is 1. The molecule has 1 saturated carbocycles. The normalized spacial score (nSPS) is 16.4. The molecule has 2 N–H and O–H groups in total. The molecule has 0 saturated heterocycles. The molecule has 1 aromatic rings. The Bertz CT molecular complexity index is 443. The summed E-state index contributed by atoms with van der Waals surface area (Å²) in [6, 6.07) is 4.77.